The van der Waals surface area contributed by atoms with Crippen LogP contribution in [0.1, 0.15) is 26.3 Å². The molecule has 3 aromatic carbocycles. The van der Waals surface area contributed by atoms with E-state index in [1.165, 1.54) is 12.1 Å². The molecular weight excluding hydrogens is 330 g/mol. The Balaban J connectivity index is 2.38. The van der Waals surface area contributed by atoms with E-state index in [-0.39, 0.29) is 16.8 Å². The van der Waals surface area contributed by atoms with E-state index in [2.05, 4.69) is 0 Å². The van der Waals surface area contributed by atoms with E-state index >= 15 is 0 Å². The van der Waals surface area contributed by atoms with Crippen LogP contribution in [0.2, 0.25) is 0 Å². The first-order valence-corrected chi connectivity index (χ1v) is 8.00. The number of para-hydroxylation sites is 2. The van der Waals surface area contributed by atoms with Crippen LogP contribution in [0.15, 0.2) is 72.8 Å². The molecule has 0 bridgehead atoms. The van der Waals surface area contributed by atoms with Gasteiger partial charge in [-0.05, 0) is 48.9 Å². The van der Waals surface area contributed by atoms with Gasteiger partial charge in [0.2, 0.25) is 0 Å². The van der Waals surface area contributed by atoms with Crippen LogP contribution in [0.3, 0.4) is 0 Å². The Morgan fingerprint density at radius 1 is 0.731 bits per heavy atom. The first-order chi connectivity index (χ1) is 12.5. The number of benzene rings is 3. The van der Waals surface area contributed by atoms with Crippen molar-refractivity contribution >= 4 is 29.0 Å². The summed E-state index contributed by atoms with van der Waals surface area (Å²) in [6, 6.07) is 21.2. The van der Waals surface area contributed by atoms with Gasteiger partial charge in [-0.3, -0.25) is 0 Å². The molecule has 0 saturated heterocycles. The monoisotopic (exact) mass is 347 g/mol. The molecule has 0 amide bonds. The number of carbonyl (C=O) groups is 2. The summed E-state index contributed by atoms with van der Waals surface area (Å²) in [7, 11) is 0. The summed E-state index contributed by atoms with van der Waals surface area (Å²) >= 11 is 0. The van der Waals surface area contributed by atoms with Crippen molar-refractivity contribution in [1.29, 1.82) is 0 Å². The minimum atomic E-state index is -1.18. The molecule has 0 aliphatic carbocycles. The predicted molar refractivity (Wildman–Crippen MR) is 99.8 cm³/mol. The highest BCUT2D eigenvalue weighted by atomic mass is 16.4. The number of carboxylic acids is 2. The van der Waals surface area contributed by atoms with Crippen molar-refractivity contribution in [3.05, 3.63) is 89.5 Å². The molecule has 0 heterocycles. The van der Waals surface area contributed by atoms with Gasteiger partial charge in [0.25, 0.3) is 0 Å². The molecule has 0 saturated carbocycles. The Hall–Kier alpha value is -3.60. The molecule has 2 N–H and O–H groups in total. The molecule has 3 rings (SSSR count). The number of rotatable bonds is 5. The Kier molecular flexibility index (Phi) is 4.71. The molecule has 3 aromatic rings. The van der Waals surface area contributed by atoms with Crippen molar-refractivity contribution in [2.45, 2.75) is 6.92 Å². The van der Waals surface area contributed by atoms with Gasteiger partial charge in [0.1, 0.15) is 0 Å². The van der Waals surface area contributed by atoms with Crippen LogP contribution in [0.25, 0.3) is 0 Å². The highest BCUT2D eigenvalue weighted by Gasteiger charge is 2.26. The SMILES string of the molecule is Cc1cc(C(=O)O)c(N(c2ccccc2)c2ccccc2)c(C(=O)O)c1. The fourth-order valence-electron chi connectivity index (χ4n) is 2.91. The van der Waals surface area contributed by atoms with Gasteiger partial charge in [0, 0.05) is 11.4 Å². The molecule has 0 fully saturated rings. The normalized spacial score (nSPS) is 10.3. The van der Waals surface area contributed by atoms with Crippen LogP contribution in [-0.4, -0.2) is 22.2 Å². The number of nitrogens with zero attached hydrogens (tertiary/aromatic N) is 1. The van der Waals surface area contributed by atoms with Gasteiger partial charge in [-0.1, -0.05) is 36.4 Å². The highest BCUT2D eigenvalue weighted by molar-refractivity contribution is 6.06. The molecule has 5 heteroatoms. The summed E-state index contributed by atoms with van der Waals surface area (Å²) in [5.41, 5.74) is 1.93. The molecule has 130 valence electrons. The van der Waals surface area contributed by atoms with Gasteiger partial charge in [0.05, 0.1) is 16.8 Å². The molecule has 26 heavy (non-hydrogen) atoms. The average Bonchev–Trinajstić information content (AvgIpc) is 2.64. The summed E-state index contributed by atoms with van der Waals surface area (Å²) in [5.74, 6) is -2.36. The maximum atomic E-state index is 11.9. The van der Waals surface area contributed by atoms with E-state index < -0.39 is 11.9 Å². The van der Waals surface area contributed by atoms with Gasteiger partial charge in [-0.15, -0.1) is 0 Å². The van der Waals surface area contributed by atoms with Gasteiger partial charge < -0.3 is 15.1 Å². The van der Waals surface area contributed by atoms with Crippen LogP contribution in [-0.2, 0) is 0 Å². The molecule has 0 atom stereocenters. The highest BCUT2D eigenvalue weighted by Crippen LogP contribution is 2.39. The van der Waals surface area contributed by atoms with Crippen molar-refractivity contribution in [3.63, 3.8) is 0 Å². The molecule has 0 radical (unpaired) electrons. The fourth-order valence-corrected chi connectivity index (χ4v) is 2.91. The molecule has 0 aliphatic heterocycles. The third-order valence-corrected chi connectivity index (χ3v) is 3.97. The quantitative estimate of drug-likeness (QED) is 0.689. The van der Waals surface area contributed by atoms with E-state index in [1.54, 1.807) is 11.8 Å². The lowest BCUT2D eigenvalue weighted by Gasteiger charge is -2.28. The van der Waals surface area contributed by atoms with Crippen molar-refractivity contribution < 1.29 is 19.8 Å². The van der Waals surface area contributed by atoms with E-state index in [4.69, 9.17) is 0 Å². The first-order valence-electron chi connectivity index (χ1n) is 8.00. The maximum Gasteiger partial charge on any atom is 0.337 e. The number of hydrogen-bond acceptors (Lipinski definition) is 3. The van der Waals surface area contributed by atoms with Gasteiger partial charge >= 0.3 is 11.9 Å². The van der Waals surface area contributed by atoms with Crippen LogP contribution in [0.5, 0.6) is 0 Å². The Labute approximate surface area is 150 Å². The maximum absolute atomic E-state index is 11.9. The topological polar surface area (TPSA) is 77.8 Å². The minimum absolute atomic E-state index is 0.0601. The van der Waals surface area contributed by atoms with Crippen molar-refractivity contribution in [3.8, 4) is 0 Å². The average molecular weight is 347 g/mol. The number of hydrogen-bond donors (Lipinski definition) is 2. The first kappa shape index (κ1) is 17.2. The van der Waals surface area contributed by atoms with Crippen molar-refractivity contribution in [2.24, 2.45) is 0 Å². The van der Waals surface area contributed by atoms with E-state index in [0.717, 1.165) is 0 Å². The Bertz CT molecular complexity index is 878. The summed E-state index contributed by atoms with van der Waals surface area (Å²) in [5, 5.41) is 19.4. The predicted octanol–water partition coefficient (Wildman–Crippen LogP) is 4.86. The molecule has 0 unspecified atom stereocenters. The third kappa shape index (κ3) is 3.28. The number of carboxylic acid groups (broad SMARTS) is 2. The lowest BCUT2D eigenvalue weighted by Crippen LogP contribution is -2.18. The molecule has 0 aliphatic rings. The second-order valence-electron chi connectivity index (χ2n) is 5.83. The van der Waals surface area contributed by atoms with Crippen molar-refractivity contribution in [2.75, 3.05) is 4.90 Å². The zero-order valence-electron chi connectivity index (χ0n) is 14.1. The summed E-state index contributed by atoms with van der Waals surface area (Å²) < 4.78 is 0. The zero-order chi connectivity index (χ0) is 18.7. The molecule has 5 nitrogen and oxygen atoms in total. The largest absolute Gasteiger partial charge is 0.478 e. The second-order valence-corrected chi connectivity index (χ2v) is 5.83. The summed E-state index contributed by atoms with van der Waals surface area (Å²) in [6.07, 6.45) is 0. The Morgan fingerprint density at radius 2 is 1.12 bits per heavy atom. The third-order valence-electron chi connectivity index (χ3n) is 3.97. The fraction of sp³-hybridized carbons (Fsp3) is 0.0476. The number of anilines is 3. The zero-order valence-corrected chi connectivity index (χ0v) is 14.1. The standard InChI is InChI=1S/C21H17NO4/c1-14-12-17(20(23)24)19(18(13-14)21(25)26)22(15-8-4-2-5-9-15)16-10-6-3-7-11-16/h2-13H,1H3,(H,23,24)(H,25,26). The van der Waals surface area contributed by atoms with E-state index in [9.17, 15) is 19.8 Å². The summed E-state index contributed by atoms with van der Waals surface area (Å²) in [6.45, 7) is 1.68. The number of aromatic carboxylic acids is 2. The molecule has 0 aromatic heterocycles. The van der Waals surface area contributed by atoms with Crippen LogP contribution in [0, 0.1) is 6.92 Å². The van der Waals surface area contributed by atoms with Crippen LogP contribution < -0.4 is 4.90 Å². The van der Waals surface area contributed by atoms with Gasteiger partial charge in [-0.2, -0.15) is 0 Å². The lowest BCUT2D eigenvalue weighted by atomic mass is 10.0. The van der Waals surface area contributed by atoms with Crippen LogP contribution in [0.4, 0.5) is 17.1 Å². The molecular formula is C21H17NO4. The van der Waals surface area contributed by atoms with Crippen LogP contribution >= 0.6 is 0 Å². The van der Waals surface area contributed by atoms with E-state index in [0.29, 0.717) is 16.9 Å². The lowest BCUT2D eigenvalue weighted by molar-refractivity contribution is 0.0696. The van der Waals surface area contributed by atoms with E-state index in [1.807, 2.05) is 60.7 Å². The van der Waals surface area contributed by atoms with Gasteiger partial charge in [0.15, 0.2) is 0 Å². The number of aryl methyl sites for hydroxylation is 1. The smallest absolute Gasteiger partial charge is 0.337 e. The minimum Gasteiger partial charge on any atom is -0.478 e. The van der Waals surface area contributed by atoms with Crippen molar-refractivity contribution in [1.82, 2.24) is 0 Å². The van der Waals surface area contributed by atoms with Gasteiger partial charge in [-0.25, -0.2) is 9.59 Å². The molecule has 0 spiro atoms. The second kappa shape index (κ2) is 7.11. The summed E-state index contributed by atoms with van der Waals surface area (Å²) in [4.78, 5) is 25.5. The Morgan fingerprint density at radius 3 is 1.46 bits per heavy atom.